The van der Waals surface area contributed by atoms with Crippen LogP contribution in [-0.2, 0) is 0 Å². The summed E-state index contributed by atoms with van der Waals surface area (Å²) in [5, 5.41) is 12.7. The van der Waals surface area contributed by atoms with E-state index in [1.165, 1.54) is 19.3 Å². The largest absolute Gasteiger partial charge is 0.395 e. The molecule has 0 unspecified atom stereocenters. The fraction of sp³-hybridized carbons (Fsp3) is 1.00. The van der Waals surface area contributed by atoms with Crippen LogP contribution in [0, 0.1) is 5.41 Å². The summed E-state index contributed by atoms with van der Waals surface area (Å²) in [6, 6.07) is 0. The molecule has 0 aliphatic heterocycles. The lowest BCUT2D eigenvalue weighted by molar-refractivity contribution is 0.114. The Hall–Kier alpha value is -0.120. The van der Waals surface area contributed by atoms with E-state index >= 15 is 0 Å². The van der Waals surface area contributed by atoms with Crippen molar-refractivity contribution in [3.05, 3.63) is 0 Å². The highest BCUT2D eigenvalue weighted by Crippen LogP contribution is 2.27. The molecule has 0 heterocycles. The third kappa shape index (κ3) is 6.72. The highest BCUT2D eigenvalue weighted by molar-refractivity contribution is 4.83. The van der Waals surface area contributed by atoms with Gasteiger partial charge in [-0.3, -0.25) is 0 Å². The molecule has 0 amide bonds. The molecule has 0 spiro atoms. The Bertz CT molecular complexity index is 175. The van der Waals surface area contributed by atoms with Crippen molar-refractivity contribution in [2.75, 3.05) is 39.3 Å². The summed E-state index contributed by atoms with van der Waals surface area (Å²) >= 11 is 0. The molecule has 0 rings (SSSR count). The maximum atomic E-state index is 9.16. The van der Waals surface area contributed by atoms with E-state index in [4.69, 9.17) is 5.11 Å². The van der Waals surface area contributed by atoms with E-state index in [0.717, 1.165) is 39.1 Å². The van der Waals surface area contributed by atoms with Crippen LogP contribution in [0.2, 0.25) is 0 Å². The van der Waals surface area contributed by atoms with Gasteiger partial charge in [0.05, 0.1) is 6.61 Å². The molecule has 0 saturated carbocycles. The summed E-state index contributed by atoms with van der Waals surface area (Å²) in [5.74, 6) is 0. The molecule has 0 bridgehead atoms. The van der Waals surface area contributed by atoms with Crippen molar-refractivity contribution in [1.29, 1.82) is 0 Å². The maximum Gasteiger partial charge on any atom is 0.0558 e. The molecule has 0 aromatic rings. The van der Waals surface area contributed by atoms with Crippen molar-refractivity contribution >= 4 is 0 Å². The minimum absolute atomic E-state index is 0.270. The minimum Gasteiger partial charge on any atom is -0.395 e. The molecule has 2 N–H and O–H groups in total. The average Bonchev–Trinajstić information content (AvgIpc) is 2.38. The van der Waals surface area contributed by atoms with Gasteiger partial charge in [0.25, 0.3) is 0 Å². The van der Waals surface area contributed by atoms with Gasteiger partial charge in [-0.15, -0.1) is 0 Å². The molecule has 18 heavy (non-hydrogen) atoms. The molecular weight excluding hydrogens is 224 g/mol. The number of nitrogens with one attached hydrogen (secondary N) is 1. The highest BCUT2D eigenvalue weighted by atomic mass is 16.3. The molecular formula is C15H34N2O. The summed E-state index contributed by atoms with van der Waals surface area (Å²) < 4.78 is 0. The topological polar surface area (TPSA) is 35.5 Å². The predicted molar refractivity (Wildman–Crippen MR) is 80.0 cm³/mol. The Morgan fingerprint density at radius 2 is 1.67 bits per heavy atom. The number of rotatable bonds is 12. The van der Waals surface area contributed by atoms with Crippen molar-refractivity contribution in [1.82, 2.24) is 10.2 Å². The van der Waals surface area contributed by atoms with Crippen LogP contribution >= 0.6 is 0 Å². The molecule has 0 radical (unpaired) electrons. The van der Waals surface area contributed by atoms with Crippen molar-refractivity contribution < 1.29 is 5.11 Å². The van der Waals surface area contributed by atoms with Crippen molar-refractivity contribution in [3.63, 3.8) is 0 Å². The molecule has 110 valence electrons. The summed E-state index contributed by atoms with van der Waals surface area (Å²) in [7, 11) is 0. The lowest BCUT2D eigenvalue weighted by Crippen LogP contribution is -2.45. The Balaban J connectivity index is 4.43. The van der Waals surface area contributed by atoms with Crippen molar-refractivity contribution in [2.24, 2.45) is 5.41 Å². The number of hydrogen-bond donors (Lipinski definition) is 2. The second-order valence-electron chi connectivity index (χ2n) is 5.38. The molecule has 0 saturated heterocycles. The Morgan fingerprint density at radius 1 is 1.00 bits per heavy atom. The smallest absolute Gasteiger partial charge is 0.0558 e. The van der Waals surface area contributed by atoms with Crippen LogP contribution in [0.4, 0.5) is 0 Å². The Labute approximate surface area is 114 Å². The van der Waals surface area contributed by atoms with Gasteiger partial charge < -0.3 is 15.3 Å². The van der Waals surface area contributed by atoms with Gasteiger partial charge in [-0.2, -0.15) is 0 Å². The van der Waals surface area contributed by atoms with E-state index in [9.17, 15) is 0 Å². The van der Waals surface area contributed by atoms with Crippen LogP contribution in [-0.4, -0.2) is 49.3 Å². The lowest BCUT2D eigenvalue weighted by atomic mass is 9.81. The predicted octanol–water partition coefficient (Wildman–Crippen LogP) is 2.50. The van der Waals surface area contributed by atoms with Gasteiger partial charge in [-0.25, -0.2) is 0 Å². The van der Waals surface area contributed by atoms with Gasteiger partial charge in [0.15, 0.2) is 0 Å². The van der Waals surface area contributed by atoms with E-state index in [2.05, 4.69) is 37.9 Å². The van der Waals surface area contributed by atoms with Crippen LogP contribution in [0.25, 0.3) is 0 Å². The SMILES string of the molecule is CCCNCC(CC)(CC)CN(CCC)CCO. The van der Waals surface area contributed by atoms with Crippen LogP contribution in [0.15, 0.2) is 0 Å². The molecule has 0 fully saturated rings. The minimum atomic E-state index is 0.270. The molecule has 3 heteroatoms. The zero-order valence-corrected chi connectivity index (χ0v) is 13.0. The van der Waals surface area contributed by atoms with Gasteiger partial charge in [-0.05, 0) is 44.2 Å². The van der Waals surface area contributed by atoms with Gasteiger partial charge in [0.2, 0.25) is 0 Å². The van der Waals surface area contributed by atoms with E-state index in [0.29, 0.717) is 5.41 Å². The normalized spacial score (nSPS) is 12.3. The molecule has 3 nitrogen and oxygen atoms in total. The van der Waals surface area contributed by atoms with Crippen molar-refractivity contribution in [3.8, 4) is 0 Å². The van der Waals surface area contributed by atoms with Crippen LogP contribution in [0.1, 0.15) is 53.4 Å². The van der Waals surface area contributed by atoms with Crippen LogP contribution in [0.5, 0.6) is 0 Å². The first kappa shape index (κ1) is 17.9. The maximum absolute atomic E-state index is 9.16. The standard InChI is InChI=1S/C15H34N2O/c1-5-9-16-13-15(7-3,8-4)14-17(10-6-2)11-12-18/h16,18H,5-14H2,1-4H3. The first-order valence-electron chi connectivity index (χ1n) is 7.71. The van der Waals surface area contributed by atoms with Crippen LogP contribution < -0.4 is 5.32 Å². The van der Waals surface area contributed by atoms with Gasteiger partial charge in [-0.1, -0.05) is 27.7 Å². The fourth-order valence-electron chi connectivity index (χ4n) is 2.51. The third-order valence-electron chi connectivity index (χ3n) is 3.94. The summed E-state index contributed by atoms with van der Waals surface area (Å²) in [5.41, 5.74) is 0.361. The Kier molecular flexibility index (Phi) is 10.7. The van der Waals surface area contributed by atoms with Gasteiger partial charge in [0, 0.05) is 19.6 Å². The van der Waals surface area contributed by atoms with E-state index in [1.807, 2.05) is 0 Å². The average molecular weight is 258 g/mol. The summed E-state index contributed by atoms with van der Waals surface area (Å²) in [6.07, 6.45) is 4.75. The molecule has 0 aromatic carbocycles. The van der Waals surface area contributed by atoms with Crippen molar-refractivity contribution in [2.45, 2.75) is 53.4 Å². The first-order valence-corrected chi connectivity index (χ1v) is 7.71. The Morgan fingerprint density at radius 3 is 2.11 bits per heavy atom. The molecule has 0 aliphatic rings. The van der Waals surface area contributed by atoms with Crippen LogP contribution in [0.3, 0.4) is 0 Å². The first-order chi connectivity index (χ1) is 8.67. The molecule has 0 aromatic heterocycles. The second kappa shape index (κ2) is 10.8. The molecule has 0 atom stereocenters. The van der Waals surface area contributed by atoms with Gasteiger partial charge in [0.1, 0.15) is 0 Å². The highest BCUT2D eigenvalue weighted by Gasteiger charge is 2.27. The lowest BCUT2D eigenvalue weighted by Gasteiger charge is -2.37. The number of hydrogen-bond acceptors (Lipinski definition) is 3. The number of aliphatic hydroxyl groups is 1. The second-order valence-corrected chi connectivity index (χ2v) is 5.38. The molecule has 0 aliphatic carbocycles. The fourth-order valence-corrected chi connectivity index (χ4v) is 2.51. The van der Waals surface area contributed by atoms with Gasteiger partial charge >= 0.3 is 0 Å². The monoisotopic (exact) mass is 258 g/mol. The quantitative estimate of drug-likeness (QED) is 0.528. The van der Waals surface area contributed by atoms with E-state index in [-0.39, 0.29) is 6.61 Å². The summed E-state index contributed by atoms with van der Waals surface area (Å²) in [6.45, 7) is 14.5. The third-order valence-corrected chi connectivity index (χ3v) is 3.94. The zero-order valence-electron chi connectivity index (χ0n) is 13.0. The summed E-state index contributed by atoms with van der Waals surface area (Å²) in [4.78, 5) is 2.42. The van der Waals surface area contributed by atoms with E-state index in [1.54, 1.807) is 0 Å². The number of nitrogens with zero attached hydrogens (tertiary/aromatic N) is 1. The van der Waals surface area contributed by atoms with E-state index < -0.39 is 0 Å². The zero-order chi connectivity index (χ0) is 13.9. The number of aliphatic hydroxyl groups excluding tert-OH is 1.